The second-order valence-corrected chi connectivity index (χ2v) is 7.79. The molecule has 5 nitrogen and oxygen atoms in total. The maximum atomic E-state index is 11.5. The molecule has 0 spiro atoms. The van der Waals surface area contributed by atoms with Crippen LogP contribution in [0, 0.1) is 6.92 Å². The lowest BCUT2D eigenvalue weighted by Gasteiger charge is -2.08. The Morgan fingerprint density at radius 3 is 2.55 bits per heavy atom. The fraction of sp³-hybridized carbons (Fsp3) is 0.333. The first-order valence-corrected chi connectivity index (χ1v) is 9.08. The van der Waals surface area contributed by atoms with Crippen LogP contribution in [0.15, 0.2) is 27.8 Å². The number of benzene rings is 1. The van der Waals surface area contributed by atoms with Gasteiger partial charge in [0.2, 0.25) is 0 Å². The zero-order chi connectivity index (χ0) is 14.9. The van der Waals surface area contributed by atoms with Gasteiger partial charge in [-0.3, -0.25) is 4.57 Å². The van der Waals surface area contributed by atoms with Crippen LogP contribution in [0.25, 0.3) is 11.4 Å². The van der Waals surface area contributed by atoms with E-state index < -0.39 is 9.05 Å². The monoisotopic (exact) mass is 377 g/mol. The third kappa shape index (κ3) is 3.21. The molecule has 0 amide bonds. The van der Waals surface area contributed by atoms with Crippen LogP contribution in [0.1, 0.15) is 18.9 Å². The van der Waals surface area contributed by atoms with Crippen molar-refractivity contribution in [3.63, 3.8) is 0 Å². The molecule has 0 saturated carbocycles. The minimum absolute atomic E-state index is 0.214. The molecule has 0 aliphatic heterocycles. The number of hydrogen-bond donors (Lipinski definition) is 0. The minimum atomic E-state index is -3.91. The first-order valence-electron chi connectivity index (χ1n) is 5.98. The predicted octanol–water partition coefficient (Wildman–Crippen LogP) is 3.35. The van der Waals surface area contributed by atoms with Crippen LogP contribution in [-0.4, -0.2) is 23.2 Å². The molecule has 0 unspecified atom stereocenters. The highest BCUT2D eigenvalue weighted by molar-refractivity contribution is 9.10. The lowest BCUT2D eigenvalue weighted by atomic mass is 10.1. The van der Waals surface area contributed by atoms with E-state index in [0.717, 1.165) is 22.0 Å². The molecule has 8 heteroatoms. The van der Waals surface area contributed by atoms with E-state index in [4.69, 9.17) is 10.7 Å². The van der Waals surface area contributed by atoms with Crippen molar-refractivity contribution >= 4 is 35.7 Å². The molecule has 20 heavy (non-hydrogen) atoms. The maximum Gasteiger partial charge on any atom is 0.296 e. The normalized spacial score (nSPS) is 11.8. The van der Waals surface area contributed by atoms with Crippen molar-refractivity contribution < 1.29 is 8.42 Å². The molecule has 1 aromatic carbocycles. The molecule has 0 saturated heterocycles. The molecule has 0 atom stereocenters. The summed E-state index contributed by atoms with van der Waals surface area (Å²) in [5.74, 6) is 0.496. The summed E-state index contributed by atoms with van der Waals surface area (Å²) in [6.45, 7) is 4.38. The number of rotatable bonds is 4. The molecule has 0 bridgehead atoms. The Morgan fingerprint density at radius 1 is 1.30 bits per heavy atom. The largest absolute Gasteiger partial charge is 0.297 e. The van der Waals surface area contributed by atoms with E-state index in [2.05, 4.69) is 26.1 Å². The molecule has 1 aromatic heterocycles. The van der Waals surface area contributed by atoms with Gasteiger partial charge in [0.1, 0.15) is 0 Å². The van der Waals surface area contributed by atoms with E-state index >= 15 is 0 Å². The summed E-state index contributed by atoms with van der Waals surface area (Å²) in [7, 11) is 1.49. The van der Waals surface area contributed by atoms with Gasteiger partial charge in [-0.15, -0.1) is 10.2 Å². The Bertz CT molecular complexity index is 723. The number of aryl methyl sites for hydroxylation is 1. The van der Waals surface area contributed by atoms with Gasteiger partial charge < -0.3 is 0 Å². The van der Waals surface area contributed by atoms with Crippen molar-refractivity contribution in [2.75, 3.05) is 0 Å². The van der Waals surface area contributed by atoms with Gasteiger partial charge in [-0.05, 0) is 37.1 Å². The van der Waals surface area contributed by atoms with Crippen molar-refractivity contribution in [3.8, 4) is 11.4 Å². The Balaban J connectivity index is 2.65. The van der Waals surface area contributed by atoms with Crippen molar-refractivity contribution in [2.45, 2.75) is 32.0 Å². The quantitative estimate of drug-likeness (QED) is 0.765. The third-order valence-corrected chi connectivity index (χ3v) is 4.29. The first kappa shape index (κ1) is 15.5. The summed E-state index contributed by atoms with van der Waals surface area (Å²) < 4.78 is 25.5. The van der Waals surface area contributed by atoms with E-state index in [9.17, 15) is 8.42 Å². The van der Waals surface area contributed by atoms with Crippen LogP contribution < -0.4 is 0 Å². The average molecular weight is 379 g/mol. The van der Waals surface area contributed by atoms with E-state index in [-0.39, 0.29) is 5.16 Å². The summed E-state index contributed by atoms with van der Waals surface area (Å²) in [6, 6.07) is 5.75. The summed E-state index contributed by atoms with van der Waals surface area (Å²) in [6.07, 6.45) is 0.747. The second-order valence-electron chi connectivity index (χ2n) is 4.41. The molecular formula is C12H13BrClN3O2S. The summed E-state index contributed by atoms with van der Waals surface area (Å²) >= 11 is 3.42. The molecule has 2 aromatic rings. The van der Waals surface area contributed by atoms with Crippen LogP contribution in [-0.2, 0) is 15.6 Å². The average Bonchev–Trinajstić information content (AvgIpc) is 2.71. The highest BCUT2D eigenvalue weighted by atomic mass is 79.9. The van der Waals surface area contributed by atoms with Crippen LogP contribution in [0.2, 0.25) is 0 Å². The number of nitrogens with zero attached hydrogens (tertiary/aromatic N) is 3. The summed E-state index contributed by atoms with van der Waals surface area (Å²) in [5, 5.41) is 7.49. The Kier molecular flexibility index (Phi) is 4.51. The molecule has 108 valence electrons. The highest BCUT2D eigenvalue weighted by Crippen LogP contribution is 2.26. The SMILES string of the molecule is CCCn1c(-c2cc(C)cc(Br)c2)nnc1S(=O)(=O)Cl. The van der Waals surface area contributed by atoms with E-state index in [1.807, 2.05) is 32.0 Å². The van der Waals surface area contributed by atoms with Crippen molar-refractivity contribution in [2.24, 2.45) is 0 Å². The number of aromatic nitrogens is 3. The van der Waals surface area contributed by atoms with Gasteiger partial charge in [0.25, 0.3) is 14.2 Å². The molecule has 0 fully saturated rings. The van der Waals surface area contributed by atoms with Crippen molar-refractivity contribution in [3.05, 3.63) is 28.2 Å². The standard InChI is InChI=1S/C12H13BrClN3O2S/c1-3-4-17-11(15-16-12(17)20(14,18)19)9-5-8(2)6-10(13)7-9/h5-7H,3-4H2,1-2H3. The fourth-order valence-electron chi connectivity index (χ4n) is 1.97. The first-order chi connectivity index (χ1) is 9.32. The lowest BCUT2D eigenvalue weighted by Crippen LogP contribution is -2.07. The van der Waals surface area contributed by atoms with Gasteiger partial charge in [0.15, 0.2) is 5.82 Å². The lowest BCUT2D eigenvalue weighted by molar-refractivity contribution is 0.570. The second kappa shape index (κ2) is 5.83. The van der Waals surface area contributed by atoms with Gasteiger partial charge in [0.05, 0.1) is 0 Å². The molecule has 0 aliphatic rings. The summed E-state index contributed by atoms with van der Waals surface area (Å²) in [5.41, 5.74) is 1.83. The molecular weight excluding hydrogens is 366 g/mol. The van der Waals surface area contributed by atoms with Gasteiger partial charge in [0, 0.05) is 27.3 Å². The van der Waals surface area contributed by atoms with Crippen LogP contribution >= 0.6 is 26.6 Å². The summed E-state index contributed by atoms with van der Waals surface area (Å²) in [4.78, 5) is 0. The van der Waals surface area contributed by atoms with Gasteiger partial charge >= 0.3 is 0 Å². The molecule has 1 heterocycles. The maximum absolute atomic E-state index is 11.5. The zero-order valence-corrected chi connectivity index (χ0v) is 14.1. The van der Waals surface area contributed by atoms with Gasteiger partial charge in [-0.25, -0.2) is 8.42 Å². The smallest absolute Gasteiger partial charge is 0.296 e. The molecule has 2 rings (SSSR count). The molecule has 0 radical (unpaired) electrons. The topological polar surface area (TPSA) is 64.8 Å². The number of hydrogen-bond acceptors (Lipinski definition) is 4. The van der Waals surface area contributed by atoms with Crippen LogP contribution in [0.4, 0.5) is 0 Å². The molecule has 0 N–H and O–H groups in total. The van der Waals surface area contributed by atoms with E-state index in [1.54, 1.807) is 0 Å². The van der Waals surface area contributed by atoms with E-state index in [0.29, 0.717) is 12.4 Å². The Morgan fingerprint density at radius 2 is 2.00 bits per heavy atom. The Hall–Kier alpha value is -0.920. The number of halogens is 2. The van der Waals surface area contributed by atoms with Crippen molar-refractivity contribution in [1.29, 1.82) is 0 Å². The van der Waals surface area contributed by atoms with Gasteiger partial charge in [-0.1, -0.05) is 22.9 Å². The Labute approximate surface area is 130 Å². The third-order valence-electron chi connectivity index (χ3n) is 2.68. The zero-order valence-electron chi connectivity index (χ0n) is 11.0. The van der Waals surface area contributed by atoms with Crippen LogP contribution in [0.5, 0.6) is 0 Å². The predicted molar refractivity (Wildman–Crippen MR) is 81.2 cm³/mol. The van der Waals surface area contributed by atoms with Crippen molar-refractivity contribution in [1.82, 2.24) is 14.8 Å². The van der Waals surface area contributed by atoms with Crippen LogP contribution in [0.3, 0.4) is 0 Å². The highest BCUT2D eigenvalue weighted by Gasteiger charge is 2.23. The molecule has 0 aliphatic carbocycles. The minimum Gasteiger partial charge on any atom is -0.297 e. The van der Waals surface area contributed by atoms with E-state index in [1.165, 1.54) is 4.57 Å². The van der Waals surface area contributed by atoms with Gasteiger partial charge in [-0.2, -0.15) is 0 Å². The fourth-order valence-corrected chi connectivity index (χ4v) is 3.50.